The summed E-state index contributed by atoms with van der Waals surface area (Å²) in [4.78, 5) is 18.1. The number of carbonyl (C=O) groups excluding carboxylic acids is 1. The van der Waals surface area contributed by atoms with Gasteiger partial charge in [-0.15, -0.1) is 11.3 Å². The molecular weight excluding hydrogens is 407 g/mol. The molecule has 0 aliphatic carbocycles. The number of nitrogens with one attached hydrogen (secondary N) is 1. The van der Waals surface area contributed by atoms with Crippen LogP contribution in [-0.2, 0) is 12.7 Å². The summed E-state index contributed by atoms with van der Waals surface area (Å²) in [7, 11) is 0. The molecule has 9 heteroatoms. The van der Waals surface area contributed by atoms with Crippen LogP contribution < -0.4 is 5.32 Å². The third-order valence-corrected chi connectivity index (χ3v) is 5.87. The molecule has 1 aliphatic rings. The van der Waals surface area contributed by atoms with E-state index in [9.17, 15) is 18.0 Å². The minimum Gasteiger partial charge on any atom is -0.335 e. The van der Waals surface area contributed by atoms with Gasteiger partial charge in [-0.3, -0.25) is 0 Å². The number of carbonyl (C=O) groups is 1. The molecular formula is C15H13BrF3N3OS. The first-order valence-electron chi connectivity index (χ1n) is 7.09. The maximum atomic E-state index is 12.6. The van der Waals surface area contributed by atoms with Gasteiger partial charge in [-0.2, -0.15) is 13.2 Å². The SMILES string of the molecule is Cc1nc(C2CNC(=O)N2Cc2ccc(C(F)(F)F)cc2)sc1Br. The quantitative estimate of drug-likeness (QED) is 0.795. The van der Waals surface area contributed by atoms with Crippen LogP contribution in [0.2, 0.25) is 0 Å². The first-order valence-corrected chi connectivity index (χ1v) is 8.70. The maximum absolute atomic E-state index is 12.6. The first kappa shape index (κ1) is 17.2. The second-order valence-corrected chi connectivity index (χ2v) is 7.78. The van der Waals surface area contributed by atoms with E-state index < -0.39 is 11.7 Å². The van der Waals surface area contributed by atoms with Gasteiger partial charge < -0.3 is 10.2 Å². The molecule has 0 radical (unpaired) electrons. The Balaban J connectivity index is 1.80. The Kier molecular flexibility index (Phi) is 4.56. The van der Waals surface area contributed by atoms with Gasteiger partial charge in [0.2, 0.25) is 0 Å². The molecule has 2 aromatic rings. The number of aromatic nitrogens is 1. The highest BCUT2D eigenvalue weighted by molar-refractivity contribution is 9.11. The number of aryl methyl sites for hydroxylation is 1. The summed E-state index contributed by atoms with van der Waals surface area (Å²) in [6.07, 6.45) is -4.36. The van der Waals surface area contributed by atoms with Gasteiger partial charge in [-0.25, -0.2) is 9.78 Å². The lowest BCUT2D eigenvalue weighted by Crippen LogP contribution is -2.29. The summed E-state index contributed by atoms with van der Waals surface area (Å²) < 4.78 is 38.8. The molecule has 0 bridgehead atoms. The van der Waals surface area contributed by atoms with Crippen LogP contribution in [0.3, 0.4) is 0 Å². The van der Waals surface area contributed by atoms with E-state index in [1.807, 2.05) is 6.92 Å². The largest absolute Gasteiger partial charge is 0.416 e. The Morgan fingerprint density at radius 3 is 2.58 bits per heavy atom. The molecule has 1 atom stereocenters. The first-order chi connectivity index (χ1) is 11.3. The van der Waals surface area contributed by atoms with Gasteiger partial charge in [0.1, 0.15) is 11.0 Å². The van der Waals surface area contributed by atoms with Crippen molar-refractivity contribution >= 4 is 33.3 Å². The molecule has 1 N–H and O–H groups in total. The van der Waals surface area contributed by atoms with Crippen LogP contribution in [0.5, 0.6) is 0 Å². The second-order valence-electron chi connectivity index (χ2n) is 5.44. The van der Waals surface area contributed by atoms with Gasteiger partial charge in [0, 0.05) is 13.1 Å². The van der Waals surface area contributed by atoms with Crippen LogP contribution >= 0.6 is 27.3 Å². The molecule has 128 valence electrons. The fourth-order valence-corrected chi connectivity index (χ4v) is 3.97. The zero-order valence-electron chi connectivity index (χ0n) is 12.5. The predicted octanol–water partition coefficient (Wildman–Crippen LogP) is 4.50. The molecule has 1 aliphatic heterocycles. The average Bonchev–Trinajstić information content (AvgIpc) is 3.03. The number of urea groups is 1. The molecule has 1 aromatic heterocycles. The zero-order valence-corrected chi connectivity index (χ0v) is 14.9. The lowest BCUT2D eigenvalue weighted by Gasteiger charge is -2.21. The van der Waals surface area contributed by atoms with E-state index in [4.69, 9.17) is 0 Å². The second kappa shape index (κ2) is 6.36. The monoisotopic (exact) mass is 419 g/mol. The number of hydrogen-bond donors (Lipinski definition) is 1. The van der Waals surface area contributed by atoms with Crippen molar-refractivity contribution in [2.75, 3.05) is 6.54 Å². The van der Waals surface area contributed by atoms with E-state index in [1.54, 1.807) is 4.90 Å². The molecule has 0 saturated carbocycles. The minimum atomic E-state index is -4.36. The van der Waals surface area contributed by atoms with Crippen LogP contribution in [0, 0.1) is 6.92 Å². The Hall–Kier alpha value is -1.61. The number of halogens is 4. The average molecular weight is 420 g/mol. The molecule has 0 spiro atoms. The summed E-state index contributed by atoms with van der Waals surface area (Å²) in [6, 6.07) is 4.38. The Bertz CT molecular complexity index is 741. The van der Waals surface area contributed by atoms with E-state index in [2.05, 4.69) is 26.2 Å². The number of benzene rings is 1. The standard InChI is InChI=1S/C15H13BrF3N3OS/c1-8-12(16)24-13(21-8)11-6-20-14(23)22(11)7-9-2-4-10(5-3-9)15(17,18)19/h2-5,11H,6-7H2,1H3,(H,20,23). The fraction of sp³-hybridized carbons (Fsp3) is 0.333. The molecule has 24 heavy (non-hydrogen) atoms. The van der Waals surface area contributed by atoms with Crippen molar-refractivity contribution in [3.63, 3.8) is 0 Å². The Morgan fingerprint density at radius 1 is 1.38 bits per heavy atom. The molecule has 3 rings (SSSR count). The van der Waals surface area contributed by atoms with Gasteiger partial charge in [0.15, 0.2) is 0 Å². The molecule has 1 fully saturated rings. The maximum Gasteiger partial charge on any atom is 0.416 e. The van der Waals surface area contributed by atoms with Gasteiger partial charge in [0.25, 0.3) is 0 Å². The van der Waals surface area contributed by atoms with Crippen LogP contribution in [-0.4, -0.2) is 22.5 Å². The van der Waals surface area contributed by atoms with Gasteiger partial charge in [0.05, 0.1) is 15.0 Å². The lowest BCUT2D eigenvalue weighted by atomic mass is 10.1. The molecule has 2 amide bonds. The highest BCUT2D eigenvalue weighted by Crippen LogP contribution is 2.34. The van der Waals surface area contributed by atoms with Crippen molar-refractivity contribution in [3.8, 4) is 0 Å². The third kappa shape index (κ3) is 3.41. The fourth-order valence-electron chi connectivity index (χ4n) is 2.48. The number of nitrogens with zero attached hydrogens (tertiary/aromatic N) is 2. The van der Waals surface area contributed by atoms with Crippen molar-refractivity contribution in [2.24, 2.45) is 0 Å². The molecule has 1 unspecified atom stereocenters. The normalized spacial score (nSPS) is 18.1. The smallest absolute Gasteiger partial charge is 0.335 e. The molecule has 2 heterocycles. The third-order valence-electron chi connectivity index (χ3n) is 3.76. The number of amides is 2. The van der Waals surface area contributed by atoms with Gasteiger partial charge in [-0.1, -0.05) is 12.1 Å². The molecule has 1 saturated heterocycles. The van der Waals surface area contributed by atoms with Crippen molar-refractivity contribution in [1.29, 1.82) is 0 Å². The highest BCUT2D eigenvalue weighted by Gasteiger charge is 2.35. The Morgan fingerprint density at radius 2 is 2.04 bits per heavy atom. The number of hydrogen-bond acceptors (Lipinski definition) is 3. The zero-order chi connectivity index (χ0) is 17.5. The van der Waals surface area contributed by atoms with E-state index in [0.29, 0.717) is 12.1 Å². The predicted molar refractivity (Wildman–Crippen MR) is 87.7 cm³/mol. The van der Waals surface area contributed by atoms with Gasteiger partial charge >= 0.3 is 12.2 Å². The highest BCUT2D eigenvalue weighted by atomic mass is 79.9. The van der Waals surface area contributed by atoms with Crippen LogP contribution in [0.15, 0.2) is 28.1 Å². The summed E-state index contributed by atoms with van der Waals surface area (Å²) >= 11 is 4.87. The van der Waals surface area contributed by atoms with E-state index in [-0.39, 0.29) is 18.6 Å². The van der Waals surface area contributed by atoms with E-state index in [0.717, 1.165) is 26.6 Å². The van der Waals surface area contributed by atoms with Crippen molar-refractivity contribution < 1.29 is 18.0 Å². The topological polar surface area (TPSA) is 45.2 Å². The van der Waals surface area contributed by atoms with Crippen molar-refractivity contribution in [2.45, 2.75) is 25.7 Å². The van der Waals surface area contributed by atoms with Crippen molar-refractivity contribution in [1.82, 2.24) is 15.2 Å². The lowest BCUT2D eigenvalue weighted by molar-refractivity contribution is -0.137. The molecule has 4 nitrogen and oxygen atoms in total. The summed E-state index contributed by atoms with van der Waals surface area (Å²) in [5.74, 6) is 0. The van der Waals surface area contributed by atoms with Gasteiger partial charge in [-0.05, 0) is 40.5 Å². The van der Waals surface area contributed by atoms with Crippen LogP contribution in [0.4, 0.5) is 18.0 Å². The van der Waals surface area contributed by atoms with E-state index >= 15 is 0 Å². The summed E-state index contributed by atoms with van der Waals surface area (Å²) in [5, 5.41) is 3.56. The number of alkyl halides is 3. The Labute approximate surface area is 148 Å². The number of rotatable bonds is 3. The van der Waals surface area contributed by atoms with Crippen LogP contribution in [0.25, 0.3) is 0 Å². The summed E-state index contributed by atoms with van der Waals surface area (Å²) in [6.45, 7) is 2.53. The summed E-state index contributed by atoms with van der Waals surface area (Å²) in [5.41, 5.74) is 0.786. The van der Waals surface area contributed by atoms with Crippen LogP contribution in [0.1, 0.15) is 27.9 Å². The molecule has 1 aromatic carbocycles. The van der Waals surface area contributed by atoms with Crippen molar-refractivity contribution in [3.05, 3.63) is 49.9 Å². The van der Waals surface area contributed by atoms with E-state index in [1.165, 1.54) is 23.5 Å². The minimum absolute atomic E-state index is 0.227. The number of thiazole rings is 1.